The average Bonchev–Trinajstić information content (AvgIpc) is 2.54. The fourth-order valence-electron chi connectivity index (χ4n) is 2.66. The number of nitrogens with one attached hydrogen (secondary N) is 2. The number of hydrogen-bond donors (Lipinski definition) is 2. The Morgan fingerprint density at radius 3 is 2.78 bits per heavy atom. The first-order valence-electron chi connectivity index (χ1n) is 7.75. The lowest BCUT2D eigenvalue weighted by molar-refractivity contribution is -0.137. The van der Waals surface area contributed by atoms with Crippen LogP contribution in [0.3, 0.4) is 0 Å². The van der Waals surface area contributed by atoms with Crippen molar-refractivity contribution in [2.24, 2.45) is 0 Å². The standard InChI is InChI=1S/C17H21F3N2O/c1-2-15(13-4-3-5-14(10-13)17(18,19)20)16(23)22-11-12-6-8-21-9-7-12/h3-6,10,15,21H,2,7-9,11H2,1H3,(H,22,23). The van der Waals surface area contributed by atoms with E-state index in [-0.39, 0.29) is 5.91 Å². The van der Waals surface area contributed by atoms with Gasteiger partial charge in [0, 0.05) is 13.1 Å². The predicted octanol–water partition coefficient (Wildman–Crippen LogP) is 3.23. The van der Waals surface area contributed by atoms with Gasteiger partial charge in [0.25, 0.3) is 0 Å². The molecule has 0 radical (unpaired) electrons. The Balaban J connectivity index is 2.06. The monoisotopic (exact) mass is 326 g/mol. The lowest BCUT2D eigenvalue weighted by Crippen LogP contribution is -2.33. The first kappa shape index (κ1) is 17.5. The Kier molecular flexibility index (Phi) is 5.82. The third kappa shape index (κ3) is 4.82. The molecule has 1 heterocycles. The molecular formula is C17H21F3N2O. The van der Waals surface area contributed by atoms with E-state index in [9.17, 15) is 18.0 Å². The van der Waals surface area contributed by atoms with Crippen molar-refractivity contribution >= 4 is 5.91 Å². The van der Waals surface area contributed by atoms with Gasteiger partial charge in [-0.15, -0.1) is 0 Å². The molecule has 1 aliphatic heterocycles. The van der Waals surface area contributed by atoms with Crippen LogP contribution in [0.25, 0.3) is 0 Å². The van der Waals surface area contributed by atoms with Crippen LogP contribution in [0, 0.1) is 0 Å². The van der Waals surface area contributed by atoms with Crippen LogP contribution < -0.4 is 10.6 Å². The van der Waals surface area contributed by atoms with Crippen molar-refractivity contribution in [3.63, 3.8) is 0 Å². The number of rotatable bonds is 5. The molecule has 2 N–H and O–H groups in total. The molecule has 1 aromatic rings. The Hall–Kier alpha value is -1.82. The summed E-state index contributed by atoms with van der Waals surface area (Å²) in [6.45, 7) is 3.92. The van der Waals surface area contributed by atoms with E-state index in [2.05, 4.69) is 10.6 Å². The summed E-state index contributed by atoms with van der Waals surface area (Å²) >= 11 is 0. The first-order valence-corrected chi connectivity index (χ1v) is 7.75. The zero-order valence-corrected chi connectivity index (χ0v) is 13.0. The molecule has 1 aliphatic rings. The molecule has 1 amide bonds. The summed E-state index contributed by atoms with van der Waals surface area (Å²) in [5.41, 5.74) is 0.831. The van der Waals surface area contributed by atoms with Gasteiger partial charge in [-0.2, -0.15) is 13.2 Å². The number of carbonyl (C=O) groups is 1. The van der Waals surface area contributed by atoms with Gasteiger partial charge in [-0.05, 0) is 31.0 Å². The van der Waals surface area contributed by atoms with Crippen LogP contribution in [-0.4, -0.2) is 25.5 Å². The van der Waals surface area contributed by atoms with Gasteiger partial charge in [-0.3, -0.25) is 4.79 Å². The van der Waals surface area contributed by atoms with Crippen molar-refractivity contribution < 1.29 is 18.0 Å². The van der Waals surface area contributed by atoms with Gasteiger partial charge >= 0.3 is 6.18 Å². The van der Waals surface area contributed by atoms with E-state index >= 15 is 0 Å². The van der Waals surface area contributed by atoms with Gasteiger partial charge in [0.15, 0.2) is 0 Å². The molecule has 2 rings (SSSR count). The molecule has 0 spiro atoms. The average molecular weight is 326 g/mol. The smallest absolute Gasteiger partial charge is 0.352 e. The predicted molar refractivity (Wildman–Crippen MR) is 83.1 cm³/mol. The van der Waals surface area contributed by atoms with Crippen LogP contribution in [-0.2, 0) is 11.0 Å². The Bertz CT molecular complexity index is 581. The molecule has 1 atom stereocenters. The third-order valence-electron chi connectivity index (χ3n) is 3.99. The summed E-state index contributed by atoms with van der Waals surface area (Å²) in [5.74, 6) is -0.800. The van der Waals surface area contributed by atoms with Crippen LogP contribution >= 0.6 is 0 Å². The Labute approximate surface area is 134 Å². The van der Waals surface area contributed by atoms with Crippen molar-refractivity contribution in [3.05, 3.63) is 47.0 Å². The highest BCUT2D eigenvalue weighted by atomic mass is 19.4. The number of amides is 1. The largest absolute Gasteiger partial charge is 0.416 e. The summed E-state index contributed by atoms with van der Waals surface area (Å²) in [7, 11) is 0. The Morgan fingerprint density at radius 2 is 2.17 bits per heavy atom. The minimum absolute atomic E-state index is 0.230. The van der Waals surface area contributed by atoms with Crippen molar-refractivity contribution in [2.75, 3.05) is 19.6 Å². The topological polar surface area (TPSA) is 41.1 Å². The van der Waals surface area contributed by atoms with E-state index in [0.29, 0.717) is 18.5 Å². The van der Waals surface area contributed by atoms with E-state index < -0.39 is 17.7 Å². The number of benzene rings is 1. The fraction of sp³-hybridized carbons (Fsp3) is 0.471. The number of halogens is 3. The van der Waals surface area contributed by atoms with Crippen molar-refractivity contribution in [2.45, 2.75) is 31.9 Å². The molecule has 3 nitrogen and oxygen atoms in total. The summed E-state index contributed by atoms with van der Waals surface area (Å²) in [4.78, 5) is 12.3. The molecular weight excluding hydrogens is 305 g/mol. The minimum atomic E-state index is -4.40. The molecule has 0 saturated heterocycles. The molecule has 6 heteroatoms. The van der Waals surface area contributed by atoms with Crippen LogP contribution in [0.4, 0.5) is 13.2 Å². The van der Waals surface area contributed by atoms with Crippen LogP contribution in [0.15, 0.2) is 35.9 Å². The molecule has 0 aromatic heterocycles. The van der Waals surface area contributed by atoms with Crippen LogP contribution in [0.2, 0.25) is 0 Å². The van der Waals surface area contributed by atoms with Crippen LogP contribution in [0.5, 0.6) is 0 Å². The van der Waals surface area contributed by atoms with Gasteiger partial charge < -0.3 is 10.6 Å². The number of hydrogen-bond acceptors (Lipinski definition) is 2. The molecule has 0 bridgehead atoms. The normalized spacial score (nSPS) is 16.6. The molecule has 126 valence electrons. The van der Waals surface area contributed by atoms with Crippen molar-refractivity contribution in [1.82, 2.24) is 10.6 Å². The number of carbonyl (C=O) groups excluding carboxylic acids is 1. The SMILES string of the molecule is CCC(C(=O)NCC1=CCNCC1)c1cccc(C(F)(F)F)c1. The highest BCUT2D eigenvalue weighted by molar-refractivity contribution is 5.83. The first-order chi connectivity index (χ1) is 10.9. The third-order valence-corrected chi connectivity index (χ3v) is 3.99. The zero-order valence-electron chi connectivity index (χ0n) is 13.0. The van der Waals surface area contributed by atoms with E-state index in [1.54, 1.807) is 13.0 Å². The zero-order chi connectivity index (χ0) is 16.9. The second kappa shape index (κ2) is 7.64. The molecule has 0 saturated carbocycles. The highest BCUT2D eigenvalue weighted by Gasteiger charge is 2.31. The van der Waals surface area contributed by atoms with Gasteiger partial charge in [0.05, 0.1) is 11.5 Å². The molecule has 0 aliphatic carbocycles. The summed E-state index contributed by atoms with van der Waals surface area (Å²) in [6, 6.07) is 5.02. The maximum absolute atomic E-state index is 12.8. The van der Waals surface area contributed by atoms with Gasteiger partial charge in [0.1, 0.15) is 0 Å². The lowest BCUT2D eigenvalue weighted by Gasteiger charge is -2.19. The van der Waals surface area contributed by atoms with E-state index in [4.69, 9.17) is 0 Å². The second-order valence-electron chi connectivity index (χ2n) is 5.62. The van der Waals surface area contributed by atoms with Gasteiger partial charge in [-0.25, -0.2) is 0 Å². The fourth-order valence-corrected chi connectivity index (χ4v) is 2.66. The van der Waals surface area contributed by atoms with Crippen molar-refractivity contribution in [1.29, 1.82) is 0 Å². The molecule has 23 heavy (non-hydrogen) atoms. The molecule has 0 fully saturated rings. The van der Waals surface area contributed by atoms with E-state index in [1.165, 1.54) is 6.07 Å². The highest BCUT2D eigenvalue weighted by Crippen LogP contribution is 2.31. The number of alkyl halides is 3. The minimum Gasteiger partial charge on any atom is -0.352 e. The summed E-state index contributed by atoms with van der Waals surface area (Å²) in [6.07, 6.45) is -1.03. The lowest BCUT2D eigenvalue weighted by atomic mass is 9.93. The maximum Gasteiger partial charge on any atom is 0.416 e. The van der Waals surface area contributed by atoms with Gasteiger partial charge in [-0.1, -0.05) is 36.8 Å². The molecule has 1 unspecified atom stereocenters. The van der Waals surface area contributed by atoms with E-state index in [1.807, 2.05) is 6.08 Å². The van der Waals surface area contributed by atoms with Crippen molar-refractivity contribution in [3.8, 4) is 0 Å². The van der Waals surface area contributed by atoms with Gasteiger partial charge in [0.2, 0.25) is 5.91 Å². The van der Waals surface area contributed by atoms with Crippen LogP contribution in [0.1, 0.15) is 36.8 Å². The van der Waals surface area contributed by atoms with E-state index in [0.717, 1.165) is 37.2 Å². The summed E-state index contributed by atoms with van der Waals surface area (Å²) < 4.78 is 38.4. The maximum atomic E-state index is 12.8. The quantitative estimate of drug-likeness (QED) is 0.816. The second-order valence-corrected chi connectivity index (χ2v) is 5.62. The molecule has 1 aromatic carbocycles. The summed E-state index contributed by atoms with van der Waals surface area (Å²) in [5, 5.41) is 6.03. The Morgan fingerprint density at radius 1 is 1.39 bits per heavy atom.